The molecule has 0 fully saturated rings. The number of rotatable bonds is 7. The summed E-state index contributed by atoms with van der Waals surface area (Å²) in [6.07, 6.45) is 0. The van der Waals surface area contributed by atoms with Gasteiger partial charge in [0.15, 0.2) is 0 Å². The zero-order valence-corrected chi connectivity index (χ0v) is 15.8. The highest BCUT2D eigenvalue weighted by Crippen LogP contribution is 2.35. The minimum atomic E-state index is -1.06. The molecule has 0 spiro atoms. The quantitative estimate of drug-likeness (QED) is 0.340. The maximum atomic E-state index is 11.6. The van der Waals surface area contributed by atoms with Crippen LogP contribution in [0.5, 0.6) is 5.75 Å². The number of carboxylic acid groups (broad SMARTS) is 1. The molecule has 0 aliphatic rings. The van der Waals surface area contributed by atoms with E-state index >= 15 is 0 Å². The lowest BCUT2D eigenvalue weighted by Crippen LogP contribution is -2.21. The molecule has 0 atom stereocenters. The Labute approximate surface area is 159 Å². The Bertz CT molecular complexity index is 882. The van der Waals surface area contributed by atoms with E-state index in [1.807, 2.05) is 19.9 Å². The molecule has 0 unspecified atom stereocenters. The highest BCUT2D eigenvalue weighted by atomic mass is 16.4. The summed E-state index contributed by atoms with van der Waals surface area (Å²) in [5, 5.41) is 27.6. The van der Waals surface area contributed by atoms with Crippen molar-refractivity contribution in [3.05, 3.63) is 64.7 Å². The molecule has 0 aliphatic heterocycles. The number of phenolic OH excluding ortho intramolecular Hbond substituents is 1. The highest BCUT2D eigenvalue weighted by Gasteiger charge is 2.18. The van der Waals surface area contributed by atoms with Crippen LogP contribution in [0.25, 0.3) is 5.57 Å². The monoisotopic (exact) mass is 367 g/mol. The van der Waals surface area contributed by atoms with Crippen LogP contribution in [0.3, 0.4) is 0 Å². The van der Waals surface area contributed by atoms with Crippen LogP contribution in [0, 0.1) is 5.41 Å². The van der Waals surface area contributed by atoms with Gasteiger partial charge in [-0.1, -0.05) is 24.3 Å². The number of phenols is 1. The van der Waals surface area contributed by atoms with Gasteiger partial charge in [-0.15, -0.1) is 0 Å². The number of aliphatic carboxylic acids is 1. The summed E-state index contributed by atoms with van der Waals surface area (Å²) in [4.78, 5) is 13.7. The van der Waals surface area contributed by atoms with Crippen molar-refractivity contribution in [2.75, 3.05) is 18.0 Å². The van der Waals surface area contributed by atoms with E-state index in [2.05, 4.69) is 4.90 Å². The third-order valence-electron chi connectivity index (χ3n) is 4.56. The first-order valence-electron chi connectivity index (χ1n) is 8.77. The van der Waals surface area contributed by atoms with Crippen LogP contribution in [0.15, 0.2) is 48.0 Å². The van der Waals surface area contributed by atoms with Gasteiger partial charge in [-0.3, -0.25) is 5.41 Å². The van der Waals surface area contributed by atoms with Gasteiger partial charge in [0.25, 0.3) is 0 Å². The van der Waals surface area contributed by atoms with Gasteiger partial charge in [-0.2, -0.15) is 0 Å². The van der Waals surface area contributed by atoms with Crippen LogP contribution in [-0.2, 0) is 4.79 Å². The molecule has 0 amide bonds. The van der Waals surface area contributed by atoms with E-state index in [0.29, 0.717) is 22.3 Å². The first-order chi connectivity index (χ1) is 12.8. The lowest BCUT2D eigenvalue weighted by Gasteiger charge is -2.22. The number of hydrogen-bond acceptors (Lipinski definition) is 4. The molecule has 0 aromatic heterocycles. The molecule has 0 bridgehead atoms. The predicted octanol–water partition coefficient (Wildman–Crippen LogP) is 3.43. The van der Waals surface area contributed by atoms with Gasteiger partial charge >= 0.3 is 5.97 Å². The lowest BCUT2D eigenvalue weighted by atomic mass is 9.92. The Balaban J connectivity index is 2.61. The van der Waals surface area contributed by atoms with Crippen molar-refractivity contribution >= 4 is 23.1 Å². The molecule has 5 N–H and O–H groups in total. The van der Waals surface area contributed by atoms with E-state index in [4.69, 9.17) is 11.1 Å². The van der Waals surface area contributed by atoms with E-state index in [-0.39, 0.29) is 17.2 Å². The second-order valence-corrected chi connectivity index (χ2v) is 6.17. The van der Waals surface area contributed by atoms with E-state index < -0.39 is 5.97 Å². The van der Waals surface area contributed by atoms with Crippen LogP contribution in [-0.4, -0.2) is 35.1 Å². The fraction of sp³-hybridized carbons (Fsp3) is 0.238. The van der Waals surface area contributed by atoms with Crippen LogP contribution in [0.4, 0.5) is 5.69 Å². The van der Waals surface area contributed by atoms with Gasteiger partial charge < -0.3 is 20.8 Å². The van der Waals surface area contributed by atoms with E-state index in [1.54, 1.807) is 36.4 Å². The van der Waals surface area contributed by atoms with Gasteiger partial charge in [0.05, 0.1) is 0 Å². The minimum Gasteiger partial charge on any atom is -0.507 e. The molecule has 142 valence electrons. The number of anilines is 1. The van der Waals surface area contributed by atoms with E-state index in [9.17, 15) is 15.0 Å². The molecule has 0 saturated heterocycles. The molecule has 0 saturated carbocycles. The Morgan fingerprint density at radius 1 is 1.07 bits per heavy atom. The molecule has 2 aromatic rings. The zero-order chi connectivity index (χ0) is 20.1. The number of nitrogens with two attached hydrogens (primary N) is 1. The number of nitrogens with one attached hydrogen (secondary N) is 1. The van der Waals surface area contributed by atoms with Gasteiger partial charge in [0.2, 0.25) is 0 Å². The first-order valence-corrected chi connectivity index (χ1v) is 8.77. The second kappa shape index (κ2) is 8.40. The summed E-state index contributed by atoms with van der Waals surface area (Å²) in [5.41, 5.74) is 8.54. The second-order valence-electron chi connectivity index (χ2n) is 6.17. The fourth-order valence-corrected chi connectivity index (χ4v) is 3.01. The summed E-state index contributed by atoms with van der Waals surface area (Å²) in [5.74, 6) is -1.10. The number of hydrogen-bond donors (Lipinski definition) is 4. The van der Waals surface area contributed by atoms with Crippen LogP contribution in [0.1, 0.15) is 37.5 Å². The zero-order valence-electron chi connectivity index (χ0n) is 15.8. The maximum absolute atomic E-state index is 11.6. The highest BCUT2D eigenvalue weighted by molar-refractivity contribution is 6.02. The third-order valence-corrected chi connectivity index (χ3v) is 4.56. The third kappa shape index (κ3) is 4.28. The summed E-state index contributed by atoms with van der Waals surface area (Å²) < 4.78 is 0. The van der Waals surface area contributed by atoms with Crippen molar-refractivity contribution in [1.82, 2.24) is 0 Å². The maximum Gasteiger partial charge on any atom is 0.331 e. The topological polar surface area (TPSA) is 111 Å². The van der Waals surface area contributed by atoms with Crippen molar-refractivity contribution in [3.63, 3.8) is 0 Å². The normalized spacial score (nSPS) is 11.7. The van der Waals surface area contributed by atoms with Gasteiger partial charge in [0.1, 0.15) is 11.6 Å². The minimum absolute atomic E-state index is 0.0191. The number of carboxylic acids is 1. The standard InChI is InChI=1S/C21H25N3O3/c1-4-24(5-2)16-10-11-17(18(25)12-16)19(13(3)21(26)27)14-6-8-15(9-7-14)20(22)23/h6-12,25H,4-5H2,1-3H3,(H3,22,23)(H,26,27)/b19-13+. The largest absolute Gasteiger partial charge is 0.507 e. The number of benzene rings is 2. The molecule has 0 aliphatic carbocycles. The Kier molecular flexibility index (Phi) is 6.23. The number of carbonyl (C=O) groups is 1. The molecule has 6 nitrogen and oxygen atoms in total. The molecule has 6 heteroatoms. The summed E-state index contributed by atoms with van der Waals surface area (Å²) in [6, 6.07) is 12.0. The molecule has 2 aromatic carbocycles. The number of nitrogens with zero attached hydrogens (tertiary/aromatic N) is 1. The van der Waals surface area contributed by atoms with Crippen molar-refractivity contribution in [2.45, 2.75) is 20.8 Å². The Hall–Kier alpha value is -3.28. The van der Waals surface area contributed by atoms with Crippen molar-refractivity contribution < 1.29 is 15.0 Å². The average molecular weight is 367 g/mol. The van der Waals surface area contributed by atoms with Crippen LogP contribution in [0.2, 0.25) is 0 Å². The van der Waals surface area contributed by atoms with Crippen molar-refractivity contribution in [1.29, 1.82) is 5.41 Å². The summed E-state index contributed by atoms with van der Waals surface area (Å²) in [6.45, 7) is 7.18. The van der Waals surface area contributed by atoms with Gasteiger partial charge in [0, 0.05) is 47.1 Å². The first kappa shape index (κ1) is 20.0. The Morgan fingerprint density at radius 2 is 1.63 bits per heavy atom. The molecule has 0 heterocycles. The number of nitrogen functional groups attached to an aromatic ring is 1. The molecular weight excluding hydrogens is 342 g/mol. The van der Waals surface area contributed by atoms with Gasteiger partial charge in [-0.05, 0) is 38.5 Å². The van der Waals surface area contributed by atoms with E-state index in [1.165, 1.54) is 6.92 Å². The lowest BCUT2D eigenvalue weighted by molar-refractivity contribution is -0.132. The molecule has 2 rings (SSSR count). The molecule has 27 heavy (non-hydrogen) atoms. The summed E-state index contributed by atoms with van der Waals surface area (Å²) in [7, 11) is 0. The summed E-state index contributed by atoms with van der Waals surface area (Å²) >= 11 is 0. The number of aromatic hydroxyl groups is 1. The molecular formula is C21H25N3O3. The fourth-order valence-electron chi connectivity index (χ4n) is 3.01. The van der Waals surface area contributed by atoms with Gasteiger partial charge in [-0.25, -0.2) is 4.79 Å². The van der Waals surface area contributed by atoms with Crippen LogP contribution >= 0.6 is 0 Å². The van der Waals surface area contributed by atoms with Crippen molar-refractivity contribution in [2.24, 2.45) is 5.73 Å². The van der Waals surface area contributed by atoms with Crippen molar-refractivity contribution in [3.8, 4) is 5.75 Å². The van der Waals surface area contributed by atoms with E-state index in [0.717, 1.165) is 18.8 Å². The Morgan fingerprint density at radius 3 is 2.07 bits per heavy atom. The SMILES string of the molecule is CCN(CC)c1ccc(/C(=C(\C)C(=O)O)c2ccc(C(=N)N)cc2)c(O)c1. The van der Waals surface area contributed by atoms with Crippen LogP contribution < -0.4 is 10.6 Å². The predicted molar refractivity (Wildman–Crippen MR) is 108 cm³/mol. The molecule has 0 radical (unpaired) electrons. The average Bonchev–Trinajstić information content (AvgIpc) is 2.64. The number of amidine groups is 1. The smallest absolute Gasteiger partial charge is 0.331 e.